The van der Waals surface area contributed by atoms with E-state index in [0.717, 1.165) is 17.3 Å². The van der Waals surface area contributed by atoms with Crippen molar-refractivity contribution in [2.45, 2.75) is 18.6 Å². The Kier molecular flexibility index (Phi) is 4.47. The molecule has 6 heteroatoms. The molecule has 0 bridgehead atoms. The third-order valence-electron chi connectivity index (χ3n) is 3.85. The first kappa shape index (κ1) is 14.8. The van der Waals surface area contributed by atoms with Crippen molar-refractivity contribution in [1.82, 2.24) is 4.90 Å². The van der Waals surface area contributed by atoms with Gasteiger partial charge in [-0.2, -0.15) is 0 Å². The monoisotopic (exact) mass is 355 g/mol. The van der Waals surface area contributed by atoms with Gasteiger partial charge in [-0.05, 0) is 18.2 Å². The first-order valence-corrected chi connectivity index (χ1v) is 7.90. The highest BCUT2D eigenvalue weighted by Gasteiger charge is 2.40. The molecule has 2 aliphatic heterocycles. The van der Waals surface area contributed by atoms with Gasteiger partial charge in [-0.3, -0.25) is 4.79 Å². The summed E-state index contributed by atoms with van der Waals surface area (Å²) in [5.74, 6) is 0.249. The Hall–Kier alpha value is -1.11. The molecule has 1 aromatic rings. The number of hydrogen-bond donors (Lipinski definition) is 0. The van der Waals surface area contributed by atoms with Crippen molar-refractivity contribution in [2.75, 3.05) is 32.9 Å². The van der Waals surface area contributed by atoms with Crippen molar-refractivity contribution < 1.29 is 19.0 Å². The highest BCUT2D eigenvalue weighted by molar-refractivity contribution is 9.10. The van der Waals surface area contributed by atoms with Crippen LogP contribution in [0.15, 0.2) is 28.7 Å². The van der Waals surface area contributed by atoms with Gasteiger partial charge in [0.05, 0.1) is 13.2 Å². The lowest BCUT2D eigenvalue weighted by Gasteiger charge is -2.37. The number of piperidine rings is 1. The molecule has 2 heterocycles. The standard InChI is InChI=1S/C15H18BrNO4/c16-12-2-1-3-13(10-12)19-11-14(18)17-6-4-15(5-7-17)20-8-9-21-15/h1-3,10H,4-9,11H2. The minimum Gasteiger partial charge on any atom is -0.484 e. The van der Waals surface area contributed by atoms with Crippen molar-refractivity contribution in [1.29, 1.82) is 0 Å². The topological polar surface area (TPSA) is 48.0 Å². The van der Waals surface area contributed by atoms with Crippen LogP contribution in [0.1, 0.15) is 12.8 Å². The van der Waals surface area contributed by atoms with Crippen LogP contribution in [0.3, 0.4) is 0 Å². The van der Waals surface area contributed by atoms with Gasteiger partial charge in [0.25, 0.3) is 5.91 Å². The third-order valence-corrected chi connectivity index (χ3v) is 4.34. The summed E-state index contributed by atoms with van der Waals surface area (Å²) < 4.78 is 17.8. The van der Waals surface area contributed by atoms with Gasteiger partial charge in [0, 0.05) is 30.4 Å². The summed E-state index contributed by atoms with van der Waals surface area (Å²) in [6.07, 6.45) is 1.46. The molecule has 0 aromatic heterocycles. The number of ether oxygens (including phenoxy) is 3. The SMILES string of the molecule is O=C(COc1cccc(Br)c1)N1CCC2(CC1)OCCO2. The average Bonchev–Trinajstić information content (AvgIpc) is 2.94. The maximum Gasteiger partial charge on any atom is 0.260 e. The Morgan fingerprint density at radius 3 is 2.67 bits per heavy atom. The van der Waals surface area contributed by atoms with Crippen LogP contribution in [-0.2, 0) is 14.3 Å². The predicted octanol–water partition coefficient (Wildman–Crippen LogP) is 2.19. The molecular formula is C15H18BrNO4. The highest BCUT2D eigenvalue weighted by atomic mass is 79.9. The molecule has 0 atom stereocenters. The van der Waals surface area contributed by atoms with E-state index in [1.54, 1.807) is 0 Å². The van der Waals surface area contributed by atoms with E-state index in [4.69, 9.17) is 14.2 Å². The summed E-state index contributed by atoms with van der Waals surface area (Å²) in [5, 5.41) is 0. The molecule has 1 aromatic carbocycles. The highest BCUT2D eigenvalue weighted by Crippen LogP contribution is 2.31. The number of carbonyl (C=O) groups excluding carboxylic acids is 1. The summed E-state index contributed by atoms with van der Waals surface area (Å²) in [5.41, 5.74) is 0. The Balaban J connectivity index is 1.48. The summed E-state index contributed by atoms with van der Waals surface area (Å²) >= 11 is 3.38. The van der Waals surface area contributed by atoms with E-state index in [9.17, 15) is 4.79 Å². The van der Waals surface area contributed by atoms with Crippen LogP contribution >= 0.6 is 15.9 Å². The lowest BCUT2D eigenvalue weighted by Crippen LogP contribution is -2.48. The fraction of sp³-hybridized carbons (Fsp3) is 0.533. The second kappa shape index (κ2) is 6.34. The normalized spacial score (nSPS) is 20.7. The van der Waals surface area contributed by atoms with Crippen LogP contribution in [0.4, 0.5) is 0 Å². The van der Waals surface area contributed by atoms with Crippen molar-refractivity contribution in [3.05, 3.63) is 28.7 Å². The maximum atomic E-state index is 12.2. The lowest BCUT2D eigenvalue weighted by molar-refractivity contribution is -0.187. The van der Waals surface area contributed by atoms with Gasteiger partial charge in [-0.25, -0.2) is 0 Å². The van der Waals surface area contributed by atoms with Gasteiger partial charge >= 0.3 is 0 Å². The number of carbonyl (C=O) groups is 1. The smallest absolute Gasteiger partial charge is 0.260 e. The average molecular weight is 356 g/mol. The molecule has 0 saturated carbocycles. The largest absolute Gasteiger partial charge is 0.484 e. The van der Waals surface area contributed by atoms with E-state index in [1.165, 1.54) is 0 Å². The van der Waals surface area contributed by atoms with Gasteiger partial charge in [0.15, 0.2) is 12.4 Å². The molecule has 114 valence electrons. The van der Waals surface area contributed by atoms with Crippen LogP contribution in [-0.4, -0.2) is 49.5 Å². The maximum absolute atomic E-state index is 12.2. The van der Waals surface area contributed by atoms with E-state index in [1.807, 2.05) is 29.2 Å². The van der Waals surface area contributed by atoms with E-state index in [2.05, 4.69) is 15.9 Å². The molecule has 21 heavy (non-hydrogen) atoms. The number of benzene rings is 1. The molecule has 0 unspecified atom stereocenters. The third kappa shape index (κ3) is 3.56. The van der Waals surface area contributed by atoms with E-state index >= 15 is 0 Å². The minimum atomic E-state index is -0.443. The number of rotatable bonds is 3. The van der Waals surface area contributed by atoms with Gasteiger partial charge in [-0.15, -0.1) is 0 Å². The van der Waals surface area contributed by atoms with Crippen LogP contribution in [0.5, 0.6) is 5.75 Å². The van der Waals surface area contributed by atoms with Crippen molar-refractivity contribution >= 4 is 21.8 Å². The molecular weight excluding hydrogens is 338 g/mol. The zero-order chi connectivity index (χ0) is 14.7. The van der Waals surface area contributed by atoms with Crippen LogP contribution in [0.25, 0.3) is 0 Å². The number of nitrogens with zero attached hydrogens (tertiary/aromatic N) is 1. The molecule has 2 fully saturated rings. The molecule has 0 radical (unpaired) electrons. The Morgan fingerprint density at radius 1 is 1.29 bits per heavy atom. The Bertz CT molecular complexity index is 506. The molecule has 1 spiro atoms. The van der Waals surface area contributed by atoms with Crippen LogP contribution in [0.2, 0.25) is 0 Å². The second-order valence-electron chi connectivity index (χ2n) is 5.23. The fourth-order valence-electron chi connectivity index (χ4n) is 2.68. The van der Waals surface area contributed by atoms with Crippen molar-refractivity contribution in [3.63, 3.8) is 0 Å². The molecule has 0 N–H and O–H groups in total. The number of hydrogen-bond acceptors (Lipinski definition) is 4. The summed E-state index contributed by atoms with van der Waals surface area (Å²) in [4.78, 5) is 14.0. The Labute approximate surface area is 132 Å². The molecule has 2 aliphatic rings. The first-order chi connectivity index (χ1) is 10.2. The molecule has 2 saturated heterocycles. The van der Waals surface area contributed by atoms with Gasteiger partial charge < -0.3 is 19.1 Å². The minimum absolute atomic E-state index is 0.00261. The van der Waals surface area contributed by atoms with Crippen LogP contribution in [0, 0.1) is 0 Å². The first-order valence-electron chi connectivity index (χ1n) is 7.11. The molecule has 0 aliphatic carbocycles. The van der Waals surface area contributed by atoms with Gasteiger partial charge in [0.1, 0.15) is 5.75 Å². The summed E-state index contributed by atoms with van der Waals surface area (Å²) in [6, 6.07) is 7.48. The van der Waals surface area contributed by atoms with E-state index in [-0.39, 0.29) is 12.5 Å². The number of halogens is 1. The van der Waals surface area contributed by atoms with Crippen molar-refractivity contribution in [3.8, 4) is 5.75 Å². The lowest BCUT2D eigenvalue weighted by atomic mass is 10.0. The molecule has 3 rings (SSSR count). The zero-order valence-electron chi connectivity index (χ0n) is 11.7. The number of likely N-dealkylation sites (tertiary alicyclic amines) is 1. The Morgan fingerprint density at radius 2 is 2.00 bits per heavy atom. The zero-order valence-corrected chi connectivity index (χ0v) is 13.3. The quantitative estimate of drug-likeness (QED) is 0.833. The van der Waals surface area contributed by atoms with Crippen LogP contribution < -0.4 is 4.74 Å². The van der Waals surface area contributed by atoms with E-state index < -0.39 is 5.79 Å². The molecule has 5 nitrogen and oxygen atoms in total. The summed E-state index contributed by atoms with van der Waals surface area (Å²) in [6.45, 7) is 2.67. The number of amides is 1. The van der Waals surface area contributed by atoms with E-state index in [0.29, 0.717) is 32.1 Å². The second-order valence-corrected chi connectivity index (χ2v) is 6.15. The van der Waals surface area contributed by atoms with Crippen molar-refractivity contribution in [2.24, 2.45) is 0 Å². The summed E-state index contributed by atoms with van der Waals surface area (Å²) in [7, 11) is 0. The van der Waals surface area contributed by atoms with Gasteiger partial charge in [0.2, 0.25) is 0 Å². The predicted molar refractivity (Wildman–Crippen MR) is 80.1 cm³/mol. The molecule has 1 amide bonds. The van der Waals surface area contributed by atoms with Gasteiger partial charge in [-0.1, -0.05) is 22.0 Å². The fourth-order valence-corrected chi connectivity index (χ4v) is 3.05.